The molecule has 1 aromatic heterocycles. The van der Waals surface area contributed by atoms with E-state index in [0.29, 0.717) is 41.5 Å². The minimum Gasteiger partial charge on any atom is -0.356 e. The first-order chi connectivity index (χ1) is 13.2. The van der Waals surface area contributed by atoms with Crippen LogP contribution in [0.2, 0.25) is 0 Å². The Morgan fingerprint density at radius 3 is 2.96 bits per heavy atom. The van der Waals surface area contributed by atoms with E-state index in [1.165, 1.54) is 45.2 Å². The molecular formula is C21H28N4O2. The molecule has 2 fully saturated rings. The molecule has 0 bridgehead atoms. The van der Waals surface area contributed by atoms with Crippen molar-refractivity contribution in [3.05, 3.63) is 40.4 Å². The molecule has 2 unspecified atom stereocenters. The third kappa shape index (κ3) is 4.21. The zero-order valence-corrected chi connectivity index (χ0v) is 15.7. The second-order valence-electron chi connectivity index (χ2n) is 7.84. The van der Waals surface area contributed by atoms with Gasteiger partial charge in [-0.15, -0.1) is 0 Å². The predicted octanol–water partition coefficient (Wildman–Crippen LogP) is 2.24. The quantitative estimate of drug-likeness (QED) is 0.848. The van der Waals surface area contributed by atoms with Gasteiger partial charge in [0.1, 0.15) is 5.82 Å². The summed E-state index contributed by atoms with van der Waals surface area (Å²) in [5, 5.41) is 3.71. The van der Waals surface area contributed by atoms with Gasteiger partial charge in [-0.2, -0.15) is 0 Å². The van der Waals surface area contributed by atoms with Crippen LogP contribution in [0.15, 0.2) is 29.1 Å². The molecule has 3 heterocycles. The Morgan fingerprint density at radius 2 is 2.04 bits per heavy atom. The molecule has 2 N–H and O–H groups in total. The van der Waals surface area contributed by atoms with E-state index in [1.807, 2.05) is 18.2 Å². The maximum atomic E-state index is 12.3. The summed E-state index contributed by atoms with van der Waals surface area (Å²) >= 11 is 0. The highest BCUT2D eigenvalue weighted by molar-refractivity contribution is 5.78. The number of aryl methyl sites for hydroxylation is 1. The summed E-state index contributed by atoms with van der Waals surface area (Å²) in [5.41, 5.74) is 0.534. The van der Waals surface area contributed by atoms with Gasteiger partial charge in [0.2, 0.25) is 5.91 Å². The number of benzene rings is 1. The Labute approximate surface area is 159 Å². The molecule has 0 aliphatic carbocycles. The second-order valence-corrected chi connectivity index (χ2v) is 7.84. The molecule has 6 heteroatoms. The molecule has 1 aromatic carbocycles. The third-order valence-electron chi connectivity index (χ3n) is 6.04. The number of fused-ring (bicyclic) bond motifs is 2. The number of hydrogen-bond donors (Lipinski definition) is 2. The lowest BCUT2D eigenvalue weighted by atomic mass is 9.83. The van der Waals surface area contributed by atoms with Crippen molar-refractivity contribution in [2.75, 3.05) is 19.6 Å². The molecule has 0 saturated carbocycles. The van der Waals surface area contributed by atoms with Gasteiger partial charge in [0.05, 0.1) is 10.9 Å². The number of aromatic amines is 1. The molecule has 144 valence electrons. The Balaban J connectivity index is 1.30. The minimum atomic E-state index is -0.143. The number of hydrogen-bond acceptors (Lipinski definition) is 4. The summed E-state index contributed by atoms with van der Waals surface area (Å²) in [6.07, 6.45) is 7.14. The number of para-hydroxylation sites is 1. The monoisotopic (exact) mass is 368 g/mol. The predicted molar refractivity (Wildman–Crippen MR) is 106 cm³/mol. The highest BCUT2D eigenvalue weighted by Gasteiger charge is 2.32. The van der Waals surface area contributed by atoms with E-state index < -0.39 is 0 Å². The Kier molecular flexibility index (Phi) is 5.53. The molecule has 2 aliphatic heterocycles. The van der Waals surface area contributed by atoms with Gasteiger partial charge >= 0.3 is 0 Å². The van der Waals surface area contributed by atoms with Crippen LogP contribution in [0.4, 0.5) is 0 Å². The van der Waals surface area contributed by atoms with E-state index in [2.05, 4.69) is 20.2 Å². The Morgan fingerprint density at radius 1 is 1.19 bits per heavy atom. The summed E-state index contributed by atoms with van der Waals surface area (Å²) in [6, 6.07) is 7.92. The Hall–Kier alpha value is -2.21. The average Bonchev–Trinajstić information content (AvgIpc) is 2.71. The summed E-state index contributed by atoms with van der Waals surface area (Å²) < 4.78 is 0. The zero-order chi connectivity index (χ0) is 18.6. The lowest BCUT2D eigenvalue weighted by Crippen LogP contribution is -2.51. The van der Waals surface area contributed by atoms with E-state index in [0.717, 1.165) is 6.54 Å². The number of rotatable bonds is 5. The number of carbonyl (C=O) groups excluding carboxylic acids is 1. The average molecular weight is 368 g/mol. The van der Waals surface area contributed by atoms with Crippen LogP contribution in [0.5, 0.6) is 0 Å². The van der Waals surface area contributed by atoms with Crippen molar-refractivity contribution in [3.63, 3.8) is 0 Å². The molecule has 2 aromatic rings. The van der Waals surface area contributed by atoms with E-state index >= 15 is 0 Å². The third-order valence-corrected chi connectivity index (χ3v) is 6.04. The maximum Gasteiger partial charge on any atom is 0.258 e. The van der Waals surface area contributed by atoms with Crippen LogP contribution in [-0.2, 0) is 11.2 Å². The summed E-state index contributed by atoms with van der Waals surface area (Å²) in [6.45, 7) is 3.20. The van der Waals surface area contributed by atoms with Crippen LogP contribution in [0.3, 0.4) is 0 Å². The first kappa shape index (κ1) is 18.2. The summed E-state index contributed by atoms with van der Waals surface area (Å²) in [4.78, 5) is 34.3. The first-order valence-corrected chi connectivity index (χ1v) is 10.2. The van der Waals surface area contributed by atoms with E-state index in [4.69, 9.17) is 0 Å². The van der Waals surface area contributed by atoms with Crippen LogP contribution in [0.25, 0.3) is 10.9 Å². The molecule has 1 amide bonds. The smallest absolute Gasteiger partial charge is 0.258 e. The first-order valence-electron chi connectivity index (χ1n) is 10.2. The number of aromatic nitrogens is 2. The van der Waals surface area contributed by atoms with Crippen LogP contribution < -0.4 is 10.9 Å². The van der Waals surface area contributed by atoms with Crippen molar-refractivity contribution in [1.82, 2.24) is 20.2 Å². The van der Waals surface area contributed by atoms with Crippen molar-refractivity contribution >= 4 is 16.8 Å². The number of carbonyl (C=O) groups is 1. The maximum absolute atomic E-state index is 12.3. The van der Waals surface area contributed by atoms with Gasteiger partial charge in [0, 0.05) is 25.4 Å². The molecular weight excluding hydrogens is 340 g/mol. The van der Waals surface area contributed by atoms with E-state index in [1.54, 1.807) is 6.07 Å². The largest absolute Gasteiger partial charge is 0.356 e. The van der Waals surface area contributed by atoms with Gasteiger partial charge in [-0.25, -0.2) is 4.98 Å². The van der Waals surface area contributed by atoms with Crippen LogP contribution in [0.1, 0.15) is 44.3 Å². The molecule has 0 spiro atoms. The fourth-order valence-corrected chi connectivity index (χ4v) is 4.63. The normalized spacial score (nSPS) is 23.1. The van der Waals surface area contributed by atoms with Gasteiger partial charge in [-0.1, -0.05) is 18.6 Å². The van der Waals surface area contributed by atoms with Crippen molar-refractivity contribution in [2.24, 2.45) is 5.92 Å². The second kappa shape index (κ2) is 8.21. The number of nitrogens with zero attached hydrogens (tertiary/aromatic N) is 2. The fourth-order valence-electron chi connectivity index (χ4n) is 4.63. The number of piperidine rings is 2. The SMILES string of the molecule is O=C(CCc1nc2ccccc2c(=O)[nH]1)NCC1CCCN2CCCCC12. The van der Waals surface area contributed by atoms with Crippen molar-refractivity contribution in [1.29, 1.82) is 0 Å². The van der Waals surface area contributed by atoms with E-state index in [9.17, 15) is 9.59 Å². The van der Waals surface area contributed by atoms with Crippen molar-refractivity contribution < 1.29 is 4.79 Å². The van der Waals surface area contributed by atoms with Gasteiger partial charge in [-0.3, -0.25) is 9.59 Å². The number of H-pyrrole nitrogens is 1. The van der Waals surface area contributed by atoms with Crippen LogP contribution in [-0.4, -0.2) is 46.5 Å². The van der Waals surface area contributed by atoms with Crippen molar-refractivity contribution in [2.45, 2.75) is 51.0 Å². The molecule has 2 saturated heterocycles. The molecule has 6 nitrogen and oxygen atoms in total. The molecule has 27 heavy (non-hydrogen) atoms. The van der Waals surface area contributed by atoms with Crippen molar-refractivity contribution in [3.8, 4) is 0 Å². The topological polar surface area (TPSA) is 78.1 Å². The van der Waals surface area contributed by atoms with Crippen LogP contribution >= 0.6 is 0 Å². The van der Waals surface area contributed by atoms with Gasteiger partial charge in [-0.05, 0) is 56.8 Å². The summed E-state index contributed by atoms with van der Waals surface area (Å²) in [7, 11) is 0. The van der Waals surface area contributed by atoms with Gasteiger partial charge in [0.25, 0.3) is 5.56 Å². The lowest BCUT2D eigenvalue weighted by molar-refractivity contribution is -0.121. The number of nitrogens with one attached hydrogen (secondary N) is 2. The highest BCUT2D eigenvalue weighted by Crippen LogP contribution is 2.30. The van der Waals surface area contributed by atoms with Gasteiger partial charge in [0.15, 0.2) is 0 Å². The highest BCUT2D eigenvalue weighted by atomic mass is 16.1. The lowest BCUT2D eigenvalue weighted by Gasteiger charge is -2.44. The molecule has 2 atom stereocenters. The molecule has 2 aliphatic rings. The zero-order valence-electron chi connectivity index (χ0n) is 15.7. The minimum absolute atomic E-state index is 0.0405. The van der Waals surface area contributed by atoms with Crippen LogP contribution in [0, 0.1) is 5.92 Å². The van der Waals surface area contributed by atoms with E-state index in [-0.39, 0.29) is 11.5 Å². The standard InChI is InChI=1S/C21H28N4O2/c26-20(22-14-15-6-5-13-25-12-4-3-9-18(15)25)11-10-19-23-17-8-2-1-7-16(17)21(27)24-19/h1-2,7-8,15,18H,3-6,9-14H2,(H,22,26)(H,23,24,27). The Bertz CT molecular complexity index is 861. The fraction of sp³-hybridized carbons (Fsp3) is 0.571. The molecule has 4 rings (SSSR count). The number of amides is 1. The summed E-state index contributed by atoms with van der Waals surface area (Å²) in [5.74, 6) is 1.19. The van der Waals surface area contributed by atoms with Gasteiger partial charge < -0.3 is 15.2 Å². The molecule has 0 radical (unpaired) electrons.